The maximum absolute atomic E-state index is 12.3. The lowest BCUT2D eigenvalue weighted by atomic mass is 9.98. The van der Waals surface area contributed by atoms with Gasteiger partial charge in [-0.2, -0.15) is 0 Å². The van der Waals surface area contributed by atoms with Crippen LogP contribution in [0, 0.1) is 5.92 Å². The van der Waals surface area contributed by atoms with Crippen molar-refractivity contribution in [3.63, 3.8) is 0 Å². The lowest BCUT2D eigenvalue weighted by molar-refractivity contribution is -0.149. The minimum atomic E-state index is -1.06. The molecule has 0 radical (unpaired) electrons. The molecule has 0 fully saturated rings. The molecule has 1 aliphatic carbocycles. The molecular weight excluding hydrogens is 396 g/mol. The first-order chi connectivity index (χ1) is 14.8. The number of hydrogen-bond donors (Lipinski definition) is 2. The number of hydrogen-bond acceptors (Lipinski definition) is 4. The Hall–Kier alpha value is -3.35. The van der Waals surface area contributed by atoms with E-state index < -0.39 is 24.0 Å². The van der Waals surface area contributed by atoms with Crippen molar-refractivity contribution in [1.82, 2.24) is 10.2 Å². The molecular formula is C24H28N2O5. The second-order valence-electron chi connectivity index (χ2n) is 7.91. The molecule has 0 aliphatic heterocycles. The highest BCUT2D eigenvalue weighted by molar-refractivity contribution is 5.84. The van der Waals surface area contributed by atoms with E-state index in [1.54, 1.807) is 6.92 Å². The molecule has 0 aromatic heterocycles. The average Bonchev–Trinajstić information content (AvgIpc) is 3.09. The summed E-state index contributed by atoms with van der Waals surface area (Å²) in [4.78, 5) is 36.8. The normalized spacial score (nSPS) is 14.2. The summed E-state index contributed by atoms with van der Waals surface area (Å²) >= 11 is 0. The first-order valence-corrected chi connectivity index (χ1v) is 10.4. The van der Waals surface area contributed by atoms with Gasteiger partial charge in [-0.15, -0.1) is 0 Å². The van der Waals surface area contributed by atoms with Crippen molar-refractivity contribution < 1.29 is 24.2 Å². The van der Waals surface area contributed by atoms with Gasteiger partial charge < -0.3 is 20.1 Å². The zero-order valence-electron chi connectivity index (χ0n) is 18.0. The van der Waals surface area contributed by atoms with Crippen LogP contribution in [0.5, 0.6) is 0 Å². The molecule has 2 atom stereocenters. The summed E-state index contributed by atoms with van der Waals surface area (Å²) < 4.78 is 5.48. The minimum absolute atomic E-state index is 0.00944. The molecule has 1 unspecified atom stereocenters. The fourth-order valence-electron chi connectivity index (χ4n) is 3.87. The Balaban J connectivity index is 1.49. The van der Waals surface area contributed by atoms with Gasteiger partial charge in [-0.05, 0) is 35.6 Å². The van der Waals surface area contributed by atoms with Gasteiger partial charge in [0.2, 0.25) is 5.91 Å². The summed E-state index contributed by atoms with van der Waals surface area (Å²) in [6.07, 6.45) is -0.145. The van der Waals surface area contributed by atoms with Crippen molar-refractivity contribution in [2.75, 3.05) is 20.2 Å². The highest BCUT2D eigenvalue weighted by Gasteiger charge is 2.29. The number of nitrogens with one attached hydrogen (secondary N) is 1. The number of benzene rings is 2. The Morgan fingerprint density at radius 3 is 2.13 bits per heavy atom. The van der Waals surface area contributed by atoms with Crippen molar-refractivity contribution in [3.8, 4) is 11.1 Å². The minimum Gasteiger partial charge on any atom is -0.480 e. The van der Waals surface area contributed by atoms with Gasteiger partial charge in [0.1, 0.15) is 12.6 Å². The number of carboxylic acids is 1. The quantitative estimate of drug-likeness (QED) is 0.676. The molecule has 2 amide bonds. The van der Waals surface area contributed by atoms with Crippen molar-refractivity contribution in [2.24, 2.45) is 5.92 Å². The van der Waals surface area contributed by atoms with Crippen LogP contribution in [0.3, 0.4) is 0 Å². The van der Waals surface area contributed by atoms with Gasteiger partial charge in [0, 0.05) is 25.4 Å². The number of likely N-dealkylation sites (N-methyl/N-ethyl adjacent to an activating group) is 1. The largest absolute Gasteiger partial charge is 0.480 e. The monoisotopic (exact) mass is 424 g/mol. The van der Waals surface area contributed by atoms with Crippen LogP contribution in [0.4, 0.5) is 4.79 Å². The van der Waals surface area contributed by atoms with Gasteiger partial charge in [0.15, 0.2) is 0 Å². The number of fused-ring (bicyclic) bond motifs is 3. The van der Waals surface area contributed by atoms with Gasteiger partial charge in [0.05, 0.1) is 0 Å². The van der Waals surface area contributed by atoms with E-state index in [2.05, 4.69) is 29.6 Å². The number of nitrogens with zero attached hydrogens (tertiary/aromatic N) is 1. The van der Waals surface area contributed by atoms with E-state index in [-0.39, 0.29) is 25.0 Å². The SMILES string of the molecule is CC(CCNC(=O)OCC1c2ccccc2-c2ccccc21)C(=O)N(C)[C@@H](C)C(=O)O. The number of carboxylic acid groups (broad SMARTS) is 1. The van der Waals surface area contributed by atoms with Gasteiger partial charge in [-0.3, -0.25) is 4.79 Å². The van der Waals surface area contributed by atoms with Crippen molar-refractivity contribution in [2.45, 2.75) is 32.2 Å². The maximum atomic E-state index is 12.3. The topological polar surface area (TPSA) is 95.9 Å². The number of rotatable bonds is 8. The number of aliphatic carboxylic acids is 1. The number of amides is 2. The molecule has 7 heteroatoms. The second-order valence-corrected chi connectivity index (χ2v) is 7.91. The van der Waals surface area contributed by atoms with Crippen LogP contribution in [-0.4, -0.2) is 54.2 Å². The third-order valence-electron chi connectivity index (χ3n) is 5.90. The van der Waals surface area contributed by atoms with E-state index in [0.717, 1.165) is 11.1 Å². The van der Waals surface area contributed by atoms with Crippen LogP contribution in [0.2, 0.25) is 0 Å². The van der Waals surface area contributed by atoms with E-state index >= 15 is 0 Å². The first kappa shape index (κ1) is 22.3. The lowest BCUT2D eigenvalue weighted by Gasteiger charge is -2.24. The summed E-state index contributed by atoms with van der Waals surface area (Å²) in [5.74, 6) is -1.76. The molecule has 3 rings (SSSR count). The second kappa shape index (κ2) is 9.64. The summed E-state index contributed by atoms with van der Waals surface area (Å²) in [6, 6.07) is 15.4. The van der Waals surface area contributed by atoms with E-state index in [9.17, 15) is 14.4 Å². The molecule has 0 heterocycles. The standard InChI is InChI=1S/C24H28N2O5/c1-15(22(27)26(3)16(2)23(28)29)12-13-25-24(30)31-14-21-19-10-6-4-8-17(19)18-9-5-7-11-20(18)21/h4-11,15-16,21H,12-14H2,1-3H3,(H,25,30)(H,28,29)/t15?,16-/m0/s1. The molecule has 2 aromatic carbocycles. The smallest absolute Gasteiger partial charge is 0.407 e. The van der Waals surface area contributed by atoms with Crippen molar-refractivity contribution in [1.29, 1.82) is 0 Å². The molecule has 0 spiro atoms. The maximum Gasteiger partial charge on any atom is 0.407 e. The zero-order chi connectivity index (χ0) is 22.5. The molecule has 0 bridgehead atoms. The van der Waals surface area contributed by atoms with Gasteiger partial charge in [0.25, 0.3) is 0 Å². The van der Waals surface area contributed by atoms with Crippen LogP contribution >= 0.6 is 0 Å². The molecule has 164 valence electrons. The fourth-order valence-corrected chi connectivity index (χ4v) is 3.87. The summed E-state index contributed by atoms with van der Waals surface area (Å²) in [6.45, 7) is 3.67. The number of carbonyl (C=O) groups excluding carboxylic acids is 2. The molecule has 2 N–H and O–H groups in total. The molecule has 2 aromatic rings. The summed E-state index contributed by atoms with van der Waals surface area (Å²) in [7, 11) is 1.47. The molecule has 0 saturated heterocycles. The zero-order valence-corrected chi connectivity index (χ0v) is 18.0. The summed E-state index contributed by atoms with van der Waals surface area (Å²) in [5.41, 5.74) is 4.62. The van der Waals surface area contributed by atoms with Gasteiger partial charge in [-0.25, -0.2) is 9.59 Å². The first-order valence-electron chi connectivity index (χ1n) is 10.4. The fraction of sp³-hybridized carbons (Fsp3) is 0.375. The van der Waals surface area contributed by atoms with Crippen LogP contribution in [0.15, 0.2) is 48.5 Å². The predicted octanol–water partition coefficient (Wildman–Crippen LogP) is 3.48. The Bertz CT molecular complexity index is 928. The Morgan fingerprint density at radius 1 is 1.03 bits per heavy atom. The molecule has 1 aliphatic rings. The highest BCUT2D eigenvalue weighted by Crippen LogP contribution is 2.44. The highest BCUT2D eigenvalue weighted by atomic mass is 16.5. The van der Waals surface area contributed by atoms with Crippen LogP contribution in [0.25, 0.3) is 11.1 Å². The van der Waals surface area contributed by atoms with E-state index in [4.69, 9.17) is 9.84 Å². The van der Waals surface area contributed by atoms with Crippen LogP contribution in [-0.2, 0) is 14.3 Å². The van der Waals surface area contributed by atoms with Crippen LogP contribution < -0.4 is 5.32 Å². The lowest BCUT2D eigenvalue weighted by Crippen LogP contribution is -2.43. The molecule has 7 nitrogen and oxygen atoms in total. The number of alkyl carbamates (subject to hydrolysis) is 1. The van der Waals surface area contributed by atoms with E-state index in [1.165, 1.54) is 30.0 Å². The Labute approximate surface area is 182 Å². The average molecular weight is 424 g/mol. The van der Waals surface area contributed by atoms with Crippen molar-refractivity contribution >= 4 is 18.0 Å². The Morgan fingerprint density at radius 2 is 1.58 bits per heavy atom. The molecule has 31 heavy (non-hydrogen) atoms. The van der Waals surface area contributed by atoms with Crippen molar-refractivity contribution in [3.05, 3.63) is 59.7 Å². The molecule has 0 saturated carbocycles. The Kier molecular flexibility index (Phi) is 6.95. The van der Waals surface area contributed by atoms with E-state index in [0.29, 0.717) is 6.42 Å². The third-order valence-corrected chi connectivity index (χ3v) is 5.90. The number of carbonyl (C=O) groups is 3. The third kappa shape index (κ3) is 4.87. The predicted molar refractivity (Wildman–Crippen MR) is 117 cm³/mol. The van der Waals surface area contributed by atoms with Gasteiger partial charge >= 0.3 is 12.1 Å². The number of ether oxygens (including phenoxy) is 1. The van der Waals surface area contributed by atoms with Crippen LogP contribution in [0.1, 0.15) is 37.3 Å². The van der Waals surface area contributed by atoms with E-state index in [1.807, 2.05) is 24.3 Å². The summed E-state index contributed by atoms with van der Waals surface area (Å²) in [5, 5.41) is 11.7. The van der Waals surface area contributed by atoms with Gasteiger partial charge in [-0.1, -0.05) is 55.5 Å².